The normalized spacial score (nSPS) is 10.5. The molecule has 0 aliphatic carbocycles. The molecule has 1 N–H and O–H groups in total. The number of hydrogen-bond donors (Lipinski definition) is 1. The lowest BCUT2D eigenvalue weighted by molar-refractivity contribution is -0.112. The minimum absolute atomic E-state index is 0.0390. The van der Waals surface area contributed by atoms with Crippen LogP contribution in [0.4, 0.5) is 5.69 Å². The highest BCUT2D eigenvalue weighted by Crippen LogP contribution is 2.37. The number of carbonyl (C=O) groups excluding carboxylic acids is 1. The number of anilines is 1. The number of nitriles is 1. The number of nitrogens with zero attached hydrogens (tertiary/aromatic N) is 1. The smallest absolute Gasteiger partial charge is 0.266 e. The average molecular weight is 395 g/mol. The van der Waals surface area contributed by atoms with Crippen LogP contribution in [0.15, 0.2) is 42.0 Å². The van der Waals surface area contributed by atoms with Gasteiger partial charge in [-0.05, 0) is 55.3 Å². The van der Waals surface area contributed by atoms with E-state index in [2.05, 4.69) is 11.2 Å². The molecule has 0 unspecified atom stereocenters. The molecule has 28 heavy (non-hydrogen) atoms. The molecule has 0 bridgehead atoms. The molecule has 5 nitrogen and oxygen atoms in total. The van der Waals surface area contributed by atoms with Crippen LogP contribution < -0.4 is 14.8 Å². The lowest BCUT2D eigenvalue weighted by atomic mass is 10.1. The van der Waals surface area contributed by atoms with Gasteiger partial charge < -0.3 is 14.8 Å². The third-order valence-corrected chi connectivity index (χ3v) is 3.86. The van der Waals surface area contributed by atoms with E-state index in [1.165, 1.54) is 6.08 Å². The van der Waals surface area contributed by atoms with Gasteiger partial charge in [0.25, 0.3) is 5.91 Å². The number of ether oxygens (including phenoxy) is 2. The predicted molar refractivity (Wildman–Crippen MR) is 110 cm³/mol. The number of hydrogen-bond acceptors (Lipinski definition) is 4. The van der Waals surface area contributed by atoms with Gasteiger partial charge in [0.2, 0.25) is 0 Å². The maximum Gasteiger partial charge on any atom is 0.266 e. The van der Waals surface area contributed by atoms with Crippen LogP contribution in [0.5, 0.6) is 11.5 Å². The maximum absolute atomic E-state index is 12.5. The topological polar surface area (TPSA) is 71.3 Å². The van der Waals surface area contributed by atoms with E-state index in [9.17, 15) is 10.1 Å². The zero-order chi connectivity index (χ0) is 20.5. The molecular formula is C22H19ClN2O3. The summed E-state index contributed by atoms with van der Waals surface area (Å²) in [6.45, 7) is 4.15. The first kappa shape index (κ1) is 20.9. The second-order valence-electron chi connectivity index (χ2n) is 5.75. The molecule has 2 rings (SSSR count). The molecule has 0 radical (unpaired) electrons. The Labute approximate surface area is 169 Å². The Morgan fingerprint density at radius 2 is 2.11 bits per heavy atom. The standard InChI is InChI=1S/C22H19ClN2O3/c1-4-9-28-21-19(23)12-16(13-20(21)27-5-2)11-17(14-24)22(26)25-18-8-6-7-15(3)10-18/h1,6-8,10-13H,5,9H2,2-3H3,(H,25,26). The lowest BCUT2D eigenvalue weighted by Gasteiger charge is -2.13. The van der Waals surface area contributed by atoms with E-state index in [-0.39, 0.29) is 17.2 Å². The summed E-state index contributed by atoms with van der Waals surface area (Å²) in [5.74, 6) is 2.55. The fourth-order valence-corrected chi connectivity index (χ4v) is 2.70. The lowest BCUT2D eigenvalue weighted by Crippen LogP contribution is -2.13. The highest BCUT2D eigenvalue weighted by atomic mass is 35.5. The van der Waals surface area contributed by atoms with Crippen molar-refractivity contribution >= 4 is 29.3 Å². The first-order chi connectivity index (χ1) is 13.5. The van der Waals surface area contributed by atoms with Gasteiger partial charge in [-0.25, -0.2) is 0 Å². The van der Waals surface area contributed by atoms with Crippen molar-refractivity contribution in [1.82, 2.24) is 0 Å². The molecule has 2 aromatic carbocycles. The molecule has 0 saturated carbocycles. The van der Waals surface area contributed by atoms with Crippen LogP contribution in [-0.4, -0.2) is 19.1 Å². The van der Waals surface area contributed by atoms with Crippen molar-refractivity contribution in [2.75, 3.05) is 18.5 Å². The number of benzene rings is 2. The van der Waals surface area contributed by atoms with E-state index in [0.29, 0.717) is 29.4 Å². The summed E-state index contributed by atoms with van der Waals surface area (Å²) >= 11 is 6.27. The van der Waals surface area contributed by atoms with E-state index < -0.39 is 5.91 Å². The van der Waals surface area contributed by atoms with Gasteiger partial charge in [0.1, 0.15) is 18.2 Å². The summed E-state index contributed by atoms with van der Waals surface area (Å²) in [6.07, 6.45) is 6.66. The van der Waals surface area contributed by atoms with Gasteiger partial charge in [-0.2, -0.15) is 5.26 Å². The van der Waals surface area contributed by atoms with Crippen molar-refractivity contribution in [3.8, 4) is 29.9 Å². The van der Waals surface area contributed by atoms with Gasteiger partial charge in [0, 0.05) is 5.69 Å². The summed E-state index contributed by atoms with van der Waals surface area (Å²) in [4.78, 5) is 12.5. The van der Waals surface area contributed by atoms with E-state index in [0.717, 1.165) is 5.56 Å². The summed E-state index contributed by atoms with van der Waals surface area (Å²) in [5.41, 5.74) is 2.06. The minimum Gasteiger partial charge on any atom is -0.490 e. The number of rotatable bonds is 7. The Morgan fingerprint density at radius 3 is 2.75 bits per heavy atom. The van der Waals surface area contributed by atoms with Crippen molar-refractivity contribution in [1.29, 1.82) is 5.26 Å². The number of aryl methyl sites for hydroxylation is 1. The Kier molecular flexibility index (Phi) is 7.51. The van der Waals surface area contributed by atoms with E-state index in [1.54, 1.807) is 18.2 Å². The fraction of sp³-hybridized carbons (Fsp3) is 0.182. The molecule has 0 atom stereocenters. The quantitative estimate of drug-likeness (QED) is 0.423. The third-order valence-electron chi connectivity index (χ3n) is 3.58. The highest BCUT2D eigenvalue weighted by Gasteiger charge is 2.14. The van der Waals surface area contributed by atoms with Crippen LogP contribution in [0.3, 0.4) is 0 Å². The maximum atomic E-state index is 12.5. The van der Waals surface area contributed by atoms with E-state index in [4.69, 9.17) is 27.5 Å². The van der Waals surface area contributed by atoms with Gasteiger partial charge in [0.05, 0.1) is 11.6 Å². The molecule has 0 spiro atoms. The molecule has 0 fully saturated rings. The Morgan fingerprint density at radius 1 is 1.32 bits per heavy atom. The number of halogens is 1. The van der Waals surface area contributed by atoms with Gasteiger partial charge >= 0.3 is 0 Å². The van der Waals surface area contributed by atoms with Crippen molar-refractivity contribution in [3.05, 3.63) is 58.1 Å². The molecule has 142 valence electrons. The number of amides is 1. The summed E-state index contributed by atoms with van der Waals surface area (Å²) in [7, 11) is 0. The van der Waals surface area contributed by atoms with Crippen molar-refractivity contribution in [2.45, 2.75) is 13.8 Å². The summed E-state index contributed by atoms with van der Waals surface area (Å²) in [5, 5.41) is 12.4. The zero-order valence-corrected chi connectivity index (χ0v) is 16.3. The van der Waals surface area contributed by atoms with Gasteiger partial charge in [-0.3, -0.25) is 4.79 Å². The Bertz CT molecular complexity index is 984. The molecule has 2 aromatic rings. The second-order valence-corrected chi connectivity index (χ2v) is 6.16. The van der Waals surface area contributed by atoms with E-state index >= 15 is 0 Å². The third kappa shape index (κ3) is 5.54. The van der Waals surface area contributed by atoms with Crippen LogP contribution in [0.1, 0.15) is 18.1 Å². The van der Waals surface area contributed by atoms with Crippen LogP contribution in [0.25, 0.3) is 6.08 Å². The monoisotopic (exact) mass is 394 g/mol. The zero-order valence-electron chi connectivity index (χ0n) is 15.6. The minimum atomic E-state index is -0.519. The number of nitrogens with one attached hydrogen (secondary N) is 1. The van der Waals surface area contributed by atoms with Gasteiger partial charge in [0.15, 0.2) is 11.5 Å². The molecule has 0 aliphatic rings. The molecule has 0 heterocycles. The van der Waals surface area contributed by atoms with Crippen LogP contribution in [0.2, 0.25) is 5.02 Å². The van der Waals surface area contributed by atoms with Gasteiger partial charge in [-0.15, -0.1) is 6.42 Å². The molecule has 0 aliphatic heterocycles. The average Bonchev–Trinajstić information content (AvgIpc) is 2.65. The largest absolute Gasteiger partial charge is 0.490 e. The van der Waals surface area contributed by atoms with Crippen LogP contribution in [0, 0.1) is 30.6 Å². The number of terminal acetylenes is 1. The van der Waals surface area contributed by atoms with Crippen molar-refractivity contribution in [3.63, 3.8) is 0 Å². The summed E-state index contributed by atoms with van der Waals surface area (Å²) in [6, 6.07) is 12.4. The molecule has 0 saturated heterocycles. The van der Waals surface area contributed by atoms with Crippen LogP contribution in [-0.2, 0) is 4.79 Å². The first-order valence-corrected chi connectivity index (χ1v) is 8.88. The molecule has 1 amide bonds. The van der Waals surface area contributed by atoms with Gasteiger partial charge in [-0.1, -0.05) is 29.7 Å². The Hall–Kier alpha value is -3.41. The van der Waals surface area contributed by atoms with E-state index in [1.807, 2.05) is 38.1 Å². The van der Waals surface area contributed by atoms with Crippen molar-refractivity contribution in [2.24, 2.45) is 0 Å². The Balaban J connectivity index is 2.33. The molecule has 6 heteroatoms. The molecule has 0 aromatic heterocycles. The number of carbonyl (C=O) groups is 1. The molecular weight excluding hydrogens is 376 g/mol. The first-order valence-electron chi connectivity index (χ1n) is 8.51. The van der Waals surface area contributed by atoms with Crippen molar-refractivity contribution < 1.29 is 14.3 Å². The summed E-state index contributed by atoms with van der Waals surface area (Å²) < 4.78 is 11.0. The SMILES string of the molecule is C#CCOc1c(Cl)cc(C=C(C#N)C(=O)Nc2cccc(C)c2)cc1OCC. The second kappa shape index (κ2) is 10.1. The predicted octanol–water partition coefficient (Wildman–Crippen LogP) is 4.60. The highest BCUT2D eigenvalue weighted by molar-refractivity contribution is 6.32. The fourth-order valence-electron chi connectivity index (χ4n) is 2.42. The van der Waals surface area contributed by atoms with Crippen LogP contribution >= 0.6 is 11.6 Å².